The van der Waals surface area contributed by atoms with Gasteiger partial charge in [0.05, 0.1) is 12.2 Å². The Morgan fingerprint density at radius 3 is 2.60 bits per heavy atom. The van der Waals surface area contributed by atoms with E-state index in [0.717, 1.165) is 6.42 Å². The van der Waals surface area contributed by atoms with Gasteiger partial charge in [0.25, 0.3) is 0 Å². The summed E-state index contributed by atoms with van der Waals surface area (Å²) in [5.74, 6) is -2.02. The maximum absolute atomic E-state index is 13.9. The molecule has 0 bridgehead atoms. The Kier molecular flexibility index (Phi) is 4.44. The minimum absolute atomic E-state index is 0.0118. The van der Waals surface area contributed by atoms with E-state index >= 15 is 0 Å². The SMILES string of the molecule is CCCOc1nc(Cl)nc(-c2ccc(C)c(F)c2F)n1. The van der Waals surface area contributed by atoms with Crippen molar-refractivity contribution in [1.29, 1.82) is 0 Å². The van der Waals surface area contributed by atoms with Gasteiger partial charge in [0.1, 0.15) is 0 Å². The molecule has 1 heterocycles. The molecule has 106 valence electrons. The van der Waals surface area contributed by atoms with Gasteiger partial charge in [-0.25, -0.2) is 8.78 Å². The first-order valence-electron chi connectivity index (χ1n) is 6.02. The molecule has 0 fully saturated rings. The standard InChI is InChI=1S/C13H12ClF2N3O/c1-3-6-20-13-18-11(17-12(14)19-13)8-5-4-7(2)9(15)10(8)16/h4-5H,3,6H2,1-2H3. The summed E-state index contributed by atoms with van der Waals surface area (Å²) >= 11 is 5.74. The molecule has 0 aliphatic heterocycles. The van der Waals surface area contributed by atoms with Crippen LogP contribution in [0.4, 0.5) is 8.78 Å². The Balaban J connectivity index is 2.47. The van der Waals surface area contributed by atoms with Gasteiger partial charge in [0.15, 0.2) is 17.5 Å². The van der Waals surface area contributed by atoms with Gasteiger partial charge in [-0.15, -0.1) is 0 Å². The maximum Gasteiger partial charge on any atom is 0.321 e. The van der Waals surface area contributed by atoms with Crippen LogP contribution in [-0.4, -0.2) is 21.6 Å². The van der Waals surface area contributed by atoms with E-state index in [4.69, 9.17) is 16.3 Å². The molecule has 20 heavy (non-hydrogen) atoms. The van der Waals surface area contributed by atoms with E-state index < -0.39 is 11.6 Å². The molecule has 1 aromatic heterocycles. The number of benzene rings is 1. The fraction of sp³-hybridized carbons (Fsp3) is 0.308. The van der Waals surface area contributed by atoms with Crippen LogP contribution in [0.25, 0.3) is 11.4 Å². The van der Waals surface area contributed by atoms with Crippen molar-refractivity contribution in [1.82, 2.24) is 15.0 Å². The van der Waals surface area contributed by atoms with E-state index in [1.165, 1.54) is 19.1 Å². The number of nitrogens with zero attached hydrogens (tertiary/aromatic N) is 3. The molecular weight excluding hydrogens is 288 g/mol. The quantitative estimate of drug-likeness (QED) is 0.866. The Hall–Kier alpha value is -1.82. The predicted molar refractivity (Wildman–Crippen MR) is 70.7 cm³/mol. The van der Waals surface area contributed by atoms with Gasteiger partial charge >= 0.3 is 6.01 Å². The molecule has 0 spiro atoms. The topological polar surface area (TPSA) is 47.9 Å². The first kappa shape index (κ1) is 14.6. The average Bonchev–Trinajstić information content (AvgIpc) is 2.42. The first-order chi connectivity index (χ1) is 9.52. The number of rotatable bonds is 4. The third-order valence-corrected chi connectivity index (χ3v) is 2.71. The summed E-state index contributed by atoms with van der Waals surface area (Å²) in [6.07, 6.45) is 0.756. The molecule has 0 N–H and O–H groups in total. The monoisotopic (exact) mass is 299 g/mol. The molecule has 0 saturated carbocycles. The summed E-state index contributed by atoms with van der Waals surface area (Å²) in [6, 6.07) is 2.82. The van der Waals surface area contributed by atoms with Crippen molar-refractivity contribution in [3.63, 3.8) is 0 Å². The van der Waals surface area contributed by atoms with Gasteiger partial charge in [-0.1, -0.05) is 13.0 Å². The number of halogens is 3. The van der Waals surface area contributed by atoms with Crippen molar-refractivity contribution < 1.29 is 13.5 Å². The highest BCUT2D eigenvalue weighted by atomic mass is 35.5. The van der Waals surface area contributed by atoms with Crippen molar-refractivity contribution >= 4 is 11.6 Å². The third kappa shape index (κ3) is 3.01. The maximum atomic E-state index is 13.9. The summed E-state index contributed by atoms with van der Waals surface area (Å²) in [4.78, 5) is 11.5. The third-order valence-electron chi connectivity index (χ3n) is 2.54. The number of ether oxygens (including phenoxy) is 1. The minimum atomic E-state index is -1.02. The van der Waals surface area contributed by atoms with E-state index in [-0.39, 0.29) is 28.2 Å². The lowest BCUT2D eigenvalue weighted by Crippen LogP contribution is -2.04. The van der Waals surface area contributed by atoms with Crippen LogP contribution in [0.15, 0.2) is 12.1 Å². The highest BCUT2D eigenvalue weighted by Gasteiger charge is 2.16. The second-order valence-electron chi connectivity index (χ2n) is 4.12. The van der Waals surface area contributed by atoms with E-state index in [1.807, 2.05) is 6.92 Å². The van der Waals surface area contributed by atoms with Crippen LogP contribution in [-0.2, 0) is 0 Å². The molecule has 4 nitrogen and oxygen atoms in total. The van der Waals surface area contributed by atoms with E-state index in [2.05, 4.69) is 15.0 Å². The van der Waals surface area contributed by atoms with E-state index in [0.29, 0.717) is 6.61 Å². The Labute approximate surface area is 119 Å². The van der Waals surface area contributed by atoms with Crippen LogP contribution in [0.5, 0.6) is 6.01 Å². The molecule has 0 radical (unpaired) electrons. The summed E-state index contributed by atoms with van der Waals surface area (Å²) < 4.78 is 32.7. The first-order valence-corrected chi connectivity index (χ1v) is 6.40. The average molecular weight is 300 g/mol. The van der Waals surface area contributed by atoms with Gasteiger partial charge in [-0.3, -0.25) is 0 Å². The molecule has 0 unspecified atom stereocenters. The summed E-state index contributed by atoms with van der Waals surface area (Å²) in [5, 5.41) is -0.138. The van der Waals surface area contributed by atoms with Gasteiger partial charge in [-0.05, 0) is 36.6 Å². The van der Waals surface area contributed by atoms with Gasteiger partial charge in [-0.2, -0.15) is 15.0 Å². The highest BCUT2D eigenvalue weighted by Crippen LogP contribution is 2.25. The van der Waals surface area contributed by atoms with Crippen molar-refractivity contribution in [2.24, 2.45) is 0 Å². The largest absolute Gasteiger partial charge is 0.463 e. The number of aryl methyl sites for hydroxylation is 1. The Morgan fingerprint density at radius 1 is 1.15 bits per heavy atom. The van der Waals surface area contributed by atoms with Crippen molar-refractivity contribution in [2.45, 2.75) is 20.3 Å². The fourth-order valence-electron chi connectivity index (χ4n) is 1.53. The molecule has 2 rings (SSSR count). The summed E-state index contributed by atoms with van der Waals surface area (Å²) in [7, 11) is 0. The van der Waals surface area contributed by atoms with Crippen molar-refractivity contribution in [2.75, 3.05) is 6.61 Å². The normalized spacial score (nSPS) is 10.7. The van der Waals surface area contributed by atoms with Crippen LogP contribution < -0.4 is 4.74 Å². The van der Waals surface area contributed by atoms with Crippen LogP contribution >= 0.6 is 11.6 Å². The second kappa shape index (κ2) is 6.09. The van der Waals surface area contributed by atoms with Gasteiger partial charge < -0.3 is 4.74 Å². The van der Waals surface area contributed by atoms with E-state index in [9.17, 15) is 8.78 Å². The van der Waals surface area contributed by atoms with Crippen LogP contribution in [0.3, 0.4) is 0 Å². The lowest BCUT2D eigenvalue weighted by molar-refractivity contribution is 0.291. The van der Waals surface area contributed by atoms with Crippen molar-refractivity contribution in [3.05, 3.63) is 34.6 Å². The smallest absolute Gasteiger partial charge is 0.321 e. The summed E-state index contributed by atoms with van der Waals surface area (Å²) in [5.41, 5.74) is 0.118. The Bertz CT molecular complexity index is 637. The Morgan fingerprint density at radius 2 is 1.90 bits per heavy atom. The van der Waals surface area contributed by atoms with Crippen LogP contribution in [0, 0.1) is 18.6 Å². The summed E-state index contributed by atoms with van der Waals surface area (Å²) in [6.45, 7) is 3.78. The molecule has 0 aliphatic carbocycles. The molecule has 0 aliphatic rings. The molecular formula is C13H12ClF2N3O. The van der Waals surface area contributed by atoms with Crippen LogP contribution in [0.2, 0.25) is 5.28 Å². The zero-order valence-electron chi connectivity index (χ0n) is 11.0. The molecule has 2 aromatic rings. The predicted octanol–water partition coefficient (Wildman–Crippen LogP) is 3.57. The zero-order chi connectivity index (χ0) is 14.7. The van der Waals surface area contributed by atoms with Crippen molar-refractivity contribution in [3.8, 4) is 17.4 Å². The molecule has 1 aromatic carbocycles. The number of hydrogen-bond donors (Lipinski definition) is 0. The minimum Gasteiger partial charge on any atom is -0.463 e. The number of aromatic nitrogens is 3. The zero-order valence-corrected chi connectivity index (χ0v) is 11.7. The highest BCUT2D eigenvalue weighted by molar-refractivity contribution is 6.28. The number of hydrogen-bond acceptors (Lipinski definition) is 4. The van der Waals surface area contributed by atoms with Crippen LogP contribution in [0.1, 0.15) is 18.9 Å². The lowest BCUT2D eigenvalue weighted by atomic mass is 10.1. The van der Waals surface area contributed by atoms with Gasteiger partial charge in [0.2, 0.25) is 5.28 Å². The van der Waals surface area contributed by atoms with Gasteiger partial charge in [0, 0.05) is 0 Å². The molecule has 7 heteroatoms. The lowest BCUT2D eigenvalue weighted by Gasteiger charge is -2.07. The molecule has 0 saturated heterocycles. The second-order valence-corrected chi connectivity index (χ2v) is 4.46. The van der Waals surface area contributed by atoms with E-state index in [1.54, 1.807) is 0 Å². The molecule has 0 amide bonds. The fourth-order valence-corrected chi connectivity index (χ4v) is 1.68. The molecule has 0 atom stereocenters.